The zero-order chi connectivity index (χ0) is 21.3. The molecule has 10 heteroatoms. The molecule has 2 aromatic carbocycles. The van der Waals surface area contributed by atoms with Gasteiger partial charge in [-0.3, -0.25) is 15.0 Å². The SMILES string of the molecule is COc1cc(OC)cc(C(=O)Nn2cnc3c(cnn3-c3ccc(F)cc3)c2=O)c1. The average Bonchev–Trinajstić information content (AvgIpc) is 3.20. The highest BCUT2D eigenvalue weighted by Gasteiger charge is 2.15. The summed E-state index contributed by atoms with van der Waals surface area (Å²) in [6.07, 6.45) is 2.52. The van der Waals surface area contributed by atoms with E-state index >= 15 is 0 Å². The van der Waals surface area contributed by atoms with E-state index in [0.717, 1.165) is 4.68 Å². The maximum atomic E-state index is 13.2. The van der Waals surface area contributed by atoms with E-state index in [1.165, 1.54) is 67.8 Å². The summed E-state index contributed by atoms with van der Waals surface area (Å²) in [6.45, 7) is 0. The van der Waals surface area contributed by atoms with Crippen molar-refractivity contribution in [2.24, 2.45) is 0 Å². The number of fused-ring (bicyclic) bond motifs is 1. The summed E-state index contributed by atoms with van der Waals surface area (Å²) in [7, 11) is 2.94. The van der Waals surface area contributed by atoms with Crippen molar-refractivity contribution in [1.82, 2.24) is 19.4 Å². The molecule has 0 aliphatic carbocycles. The fraction of sp³-hybridized carbons (Fsp3) is 0.100. The molecule has 2 heterocycles. The summed E-state index contributed by atoms with van der Waals surface area (Å²) in [5, 5.41) is 4.34. The second-order valence-corrected chi connectivity index (χ2v) is 6.23. The van der Waals surface area contributed by atoms with Crippen molar-refractivity contribution in [2.75, 3.05) is 19.6 Å². The van der Waals surface area contributed by atoms with Crippen molar-refractivity contribution < 1.29 is 18.7 Å². The Labute approximate surface area is 169 Å². The first-order chi connectivity index (χ1) is 14.5. The molecule has 0 unspecified atom stereocenters. The van der Waals surface area contributed by atoms with Gasteiger partial charge in [-0.1, -0.05) is 0 Å². The van der Waals surface area contributed by atoms with Crippen LogP contribution in [-0.4, -0.2) is 39.6 Å². The number of hydrogen-bond donors (Lipinski definition) is 1. The van der Waals surface area contributed by atoms with Gasteiger partial charge >= 0.3 is 0 Å². The predicted octanol–water partition coefficient (Wildman–Crippen LogP) is 2.12. The van der Waals surface area contributed by atoms with Gasteiger partial charge in [-0.05, 0) is 36.4 Å². The average molecular weight is 409 g/mol. The fourth-order valence-electron chi connectivity index (χ4n) is 2.88. The Kier molecular flexibility index (Phi) is 4.88. The Morgan fingerprint density at radius 2 is 1.73 bits per heavy atom. The van der Waals surface area contributed by atoms with E-state index in [0.29, 0.717) is 17.2 Å². The van der Waals surface area contributed by atoms with Gasteiger partial charge in [-0.2, -0.15) is 5.10 Å². The van der Waals surface area contributed by atoms with Crippen molar-refractivity contribution in [3.05, 3.63) is 76.7 Å². The molecular weight excluding hydrogens is 393 g/mol. The van der Waals surface area contributed by atoms with Gasteiger partial charge in [0.2, 0.25) is 0 Å². The number of nitrogens with one attached hydrogen (secondary N) is 1. The summed E-state index contributed by atoms with van der Waals surface area (Å²) in [5.41, 5.74) is 3.02. The van der Waals surface area contributed by atoms with E-state index < -0.39 is 11.5 Å². The van der Waals surface area contributed by atoms with Gasteiger partial charge in [0.1, 0.15) is 29.0 Å². The molecule has 152 valence electrons. The number of carbonyl (C=O) groups excluding carboxylic acids is 1. The van der Waals surface area contributed by atoms with E-state index in [-0.39, 0.29) is 22.4 Å². The van der Waals surface area contributed by atoms with Crippen LogP contribution in [0.4, 0.5) is 4.39 Å². The standard InChI is InChI=1S/C20H16FN5O4/c1-29-15-7-12(8-16(9-15)30-2)19(27)24-25-11-22-18-17(20(25)28)10-23-26(18)14-5-3-13(21)4-6-14/h3-11H,1-2H3,(H,24,27). The molecule has 0 aliphatic rings. The third-order valence-electron chi connectivity index (χ3n) is 4.40. The highest BCUT2D eigenvalue weighted by molar-refractivity contribution is 6.00. The van der Waals surface area contributed by atoms with Crippen LogP contribution in [0.25, 0.3) is 16.7 Å². The largest absolute Gasteiger partial charge is 0.497 e. The zero-order valence-electron chi connectivity index (χ0n) is 16.0. The van der Waals surface area contributed by atoms with Crippen LogP contribution in [0.2, 0.25) is 0 Å². The number of nitrogens with zero attached hydrogens (tertiary/aromatic N) is 4. The topological polar surface area (TPSA) is 100 Å². The van der Waals surface area contributed by atoms with Crippen molar-refractivity contribution in [1.29, 1.82) is 0 Å². The predicted molar refractivity (Wildman–Crippen MR) is 106 cm³/mol. The van der Waals surface area contributed by atoms with E-state index in [1.54, 1.807) is 6.07 Å². The molecule has 2 aromatic heterocycles. The second-order valence-electron chi connectivity index (χ2n) is 6.23. The first-order valence-electron chi connectivity index (χ1n) is 8.76. The molecule has 0 saturated carbocycles. The van der Waals surface area contributed by atoms with Crippen LogP contribution in [0.1, 0.15) is 10.4 Å². The van der Waals surface area contributed by atoms with Crippen molar-refractivity contribution >= 4 is 16.9 Å². The highest BCUT2D eigenvalue weighted by atomic mass is 19.1. The highest BCUT2D eigenvalue weighted by Crippen LogP contribution is 2.22. The maximum Gasteiger partial charge on any atom is 0.283 e. The zero-order valence-corrected chi connectivity index (χ0v) is 16.0. The number of halogens is 1. The normalized spacial score (nSPS) is 10.8. The van der Waals surface area contributed by atoms with Crippen molar-refractivity contribution in [3.63, 3.8) is 0 Å². The van der Waals surface area contributed by atoms with Gasteiger partial charge in [0.15, 0.2) is 5.65 Å². The fourth-order valence-corrected chi connectivity index (χ4v) is 2.88. The Morgan fingerprint density at radius 1 is 1.07 bits per heavy atom. The number of hydrogen-bond acceptors (Lipinski definition) is 6. The summed E-state index contributed by atoms with van der Waals surface area (Å²) in [5.74, 6) is -0.0780. The molecule has 1 N–H and O–H groups in total. The van der Waals surface area contributed by atoms with Gasteiger partial charge in [-0.15, -0.1) is 0 Å². The Balaban J connectivity index is 1.67. The molecule has 4 rings (SSSR count). The first-order valence-corrected chi connectivity index (χ1v) is 8.76. The van der Waals surface area contributed by atoms with Crippen LogP contribution in [0.5, 0.6) is 11.5 Å². The first kappa shape index (κ1) is 19.1. The minimum absolute atomic E-state index is 0.186. The lowest BCUT2D eigenvalue weighted by atomic mass is 10.2. The van der Waals surface area contributed by atoms with Gasteiger partial charge in [0.25, 0.3) is 11.5 Å². The second kappa shape index (κ2) is 7.66. The molecule has 0 fully saturated rings. The van der Waals surface area contributed by atoms with Gasteiger partial charge in [0, 0.05) is 11.6 Å². The summed E-state index contributed by atoms with van der Waals surface area (Å²) < 4.78 is 25.9. The molecular formula is C20H16FN5O4. The smallest absolute Gasteiger partial charge is 0.283 e. The van der Waals surface area contributed by atoms with E-state index in [9.17, 15) is 14.0 Å². The number of methoxy groups -OCH3 is 2. The number of benzene rings is 2. The number of rotatable bonds is 5. The van der Waals surface area contributed by atoms with Crippen LogP contribution in [0.3, 0.4) is 0 Å². The summed E-state index contributed by atoms with van der Waals surface area (Å²) in [4.78, 5) is 29.6. The van der Waals surface area contributed by atoms with Crippen LogP contribution in [0, 0.1) is 5.82 Å². The van der Waals surface area contributed by atoms with Crippen LogP contribution >= 0.6 is 0 Å². The van der Waals surface area contributed by atoms with Crippen molar-refractivity contribution in [2.45, 2.75) is 0 Å². The monoisotopic (exact) mass is 409 g/mol. The lowest BCUT2D eigenvalue weighted by molar-refractivity contribution is 0.101. The molecule has 0 aliphatic heterocycles. The number of aromatic nitrogens is 4. The van der Waals surface area contributed by atoms with Gasteiger partial charge in [0.05, 0.1) is 26.1 Å². The minimum atomic E-state index is -0.554. The third kappa shape index (κ3) is 3.46. The molecule has 4 aromatic rings. The molecule has 30 heavy (non-hydrogen) atoms. The van der Waals surface area contributed by atoms with E-state index in [1.807, 2.05) is 0 Å². The van der Waals surface area contributed by atoms with Crippen LogP contribution in [0.15, 0.2) is 59.8 Å². The quantitative estimate of drug-likeness (QED) is 0.542. The molecule has 1 amide bonds. The molecule has 0 radical (unpaired) electrons. The minimum Gasteiger partial charge on any atom is -0.497 e. The van der Waals surface area contributed by atoms with Gasteiger partial charge < -0.3 is 9.47 Å². The lowest BCUT2D eigenvalue weighted by Gasteiger charge is -2.10. The lowest BCUT2D eigenvalue weighted by Crippen LogP contribution is -2.33. The molecule has 9 nitrogen and oxygen atoms in total. The van der Waals surface area contributed by atoms with E-state index in [4.69, 9.17) is 9.47 Å². The Morgan fingerprint density at radius 3 is 2.37 bits per heavy atom. The Bertz CT molecular complexity index is 1270. The molecule has 0 spiro atoms. The third-order valence-corrected chi connectivity index (χ3v) is 4.40. The van der Waals surface area contributed by atoms with Crippen LogP contribution in [-0.2, 0) is 0 Å². The van der Waals surface area contributed by atoms with Crippen LogP contribution < -0.4 is 20.5 Å². The molecule has 0 atom stereocenters. The maximum absolute atomic E-state index is 13.2. The summed E-state index contributed by atoms with van der Waals surface area (Å²) in [6, 6.07) is 10.3. The molecule has 0 bridgehead atoms. The number of ether oxygens (including phenoxy) is 2. The van der Waals surface area contributed by atoms with Gasteiger partial charge in [-0.25, -0.2) is 18.7 Å². The van der Waals surface area contributed by atoms with E-state index in [2.05, 4.69) is 15.5 Å². The molecule has 0 saturated heterocycles. The Hall–Kier alpha value is -4.21. The number of amides is 1. The number of carbonyl (C=O) groups is 1. The summed E-state index contributed by atoms with van der Waals surface area (Å²) >= 11 is 0. The van der Waals surface area contributed by atoms with Crippen molar-refractivity contribution in [3.8, 4) is 17.2 Å².